The number of carbonyl (C=O) groups excluding carboxylic acids is 3. The summed E-state index contributed by atoms with van der Waals surface area (Å²) in [5.74, 6) is -10.0. The third-order valence-corrected chi connectivity index (χ3v) is 1.44. The minimum Gasteiger partial charge on any atom is -0.619 e. The molecule has 0 unspecified atom stereocenters. The zero-order chi connectivity index (χ0) is 17.9. The molecular formula is C6HBF9O6-. The van der Waals surface area contributed by atoms with Crippen LogP contribution < -0.4 is 0 Å². The van der Waals surface area contributed by atoms with Gasteiger partial charge in [0.25, 0.3) is 0 Å². The molecule has 0 aromatic carbocycles. The molecule has 0 amide bonds. The van der Waals surface area contributed by atoms with E-state index in [1.807, 2.05) is 0 Å². The van der Waals surface area contributed by atoms with Crippen LogP contribution in [0.15, 0.2) is 0 Å². The quantitative estimate of drug-likeness (QED) is 0.558. The Balaban J connectivity index is 5.12. The van der Waals surface area contributed by atoms with E-state index >= 15 is 0 Å². The molecule has 0 aliphatic carbocycles. The molecule has 22 heavy (non-hydrogen) atoms. The second kappa shape index (κ2) is 6.31. The van der Waals surface area contributed by atoms with Crippen molar-refractivity contribution >= 4 is 25.2 Å². The van der Waals surface area contributed by atoms with E-state index in [9.17, 15) is 53.9 Å². The Morgan fingerprint density at radius 1 is 0.545 bits per heavy atom. The summed E-state index contributed by atoms with van der Waals surface area (Å²) in [5.41, 5.74) is 0. The Morgan fingerprint density at radius 2 is 0.727 bits per heavy atom. The largest absolute Gasteiger partial charge is 0.619 e. The predicted octanol–water partition coefficient (Wildman–Crippen LogP) is 1.02. The minimum atomic E-state index is -5.86. The van der Waals surface area contributed by atoms with Crippen LogP contribution in [0.3, 0.4) is 0 Å². The van der Waals surface area contributed by atoms with Crippen LogP contribution in [0, 0.1) is 0 Å². The van der Waals surface area contributed by atoms with Gasteiger partial charge in [0.05, 0.1) is 0 Å². The third-order valence-electron chi connectivity index (χ3n) is 1.44. The zero-order valence-corrected chi connectivity index (χ0v) is 9.56. The molecule has 0 aliphatic heterocycles. The fraction of sp³-hybridized carbons (Fsp3) is 0.500. The third kappa shape index (κ3) is 6.53. The Kier molecular flexibility index (Phi) is 5.69. The summed E-state index contributed by atoms with van der Waals surface area (Å²) in [5, 5.41) is 0. The van der Waals surface area contributed by atoms with Crippen molar-refractivity contribution in [1.82, 2.24) is 0 Å². The van der Waals surface area contributed by atoms with Gasteiger partial charge >= 0.3 is 43.8 Å². The van der Waals surface area contributed by atoms with Crippen molar-refractivity contribution in [2.24, 2.45) is 0 Å². The summed E-state index contributed by atoms with van der Waals surface area (Å²) in [6.45, 7) is 0. The number of carbonyl (C=O) groups is 3. The van der Waals surface area contributed by atoms with Crippen LogP contribution in [0.5, 0.6) is 0 Å². The van der Waals surface area contributed by atoms with Crippen molar-refractivity contribution in [3.05, 3.63) is 0 Å². The Bertz CT molecular complexity index is 384. The van der Waals surface area contributed by atoms with E-state index in [-0.39, 0.29) is 0 Å². The number of hydrogen-bond donors (Lipinski definition) is 0. The van der Waals surface area contributed by atoms with Crippen molar-refractivity contribution in [1.29, 1.82) is 0 Å². The van der Waals surface area contributed by atoms with E-state index in [1.165, 1.54) is 0 Å². The average Bonchev–Trinajstić information content (AvgIpc) is 2.24. The molecule has 0 saturated carbocycles. The van der Waals surface area contributed by atoms with Crippen LogP contribution in [0.25, 0.3) is 0 Å². The van der Waals surface area contributed by atoms with Crippen LogP contribution >= 0.6 is 0 Å². The van der Waals surface area contributed by atoms with Crippen molar-refractivity contribution in [3.63, 3.8) is 0 Å². The first-order valence-electron chi connectivity index (χ1n) is 4.54. The van der Waals surface area contributed by atoms with Crippen molar-refractivity contribution in [2.45, 2.75) is 18.5 Å². The molecule has 0 spiro atoms. The molecular weight excluding hydrogens is 350 g/mol. The molecule has 0 fully saturated rings. The zero-order valence-electron chi connectivity index (χ0n) is 9.56. The van der Waals surface area contributed by atoms with E-state index < -0.39 is 43.8 Å². The summed E-state index contributed by atoms with van der Waals surface area (Å²) < 4.78 is 115. The standard InChI is InChI=1S/C6HBF9O6/c8-4(9,10)1(17)20-7(21-2(18)5(11,12)13)22-3(19)6(14,15)16/h7H/q-1. The minimum absolute atomic E-state index is 2.98. The maximum atomic E-state index is 11.8. The van der Waals surface area contributed by atoms with Gasteiger partial charge in [-0.2, -0.15) is 39.5 Å². The average molecular weight is 351 g/mol. The van der Waals surface area contributed by atoms with Crippen LogP contribution in [0.4, 0.5) is 39.5 Å². The van der Waals surface area contributed by atoms with Gasteiger partial charge in [0.2, 0.25) is 0 Å². The molecule has 6 nitrogen and oxygen atoms in total. The van der Waals surface area contributed by atoms with E-state index in [0.29, 0.717) is 0 Å². The van der Waals surface area contributed by atoms with Crippen LogP contribution in [0.2, 0.25) is 0 Å². The maximum Gasteiger partial charge on any atom is 0.542 e. The number of rotatable bonds is 3. The molecule has 0 atom stereocenters. The second-order valence-corrected chi connectivity index (χ2v) is 3.14. The number of hydrogen-bond acceptors (Lipinski definition) is 6. The molecule has 0 rings (SSSR count). The second-order valence-electron chi connectivity index (χ2n) is 3.14. The van der Waals surface area contributed by atoms with Gasteiger partial charge in [0.1, 0.15) is 0 Å². The fourth-order valence-corrected chi connectivity index (χ4v) is 0.655. The molecule has 0 aromatic heterocycles. The summed E-state index contributed by atoms with van der Waals surface area (Å²) >= 11 is 0. The van der Waals surface area contributed by atoms with Gasteiger partial charge in [-0.3, -0.25) is 0 Å². The molecule has 0 bridgehead atoms. The van der Waals surface area contributed by atoms with Gasteiger partial charge in [-0.15, -0.1) is 0 Å². The summed E-state index contributed by atoms with van der Waals surface area (Å²) in [6.07, 6.45) is -17.6. The van der Waals surface area contributed by atoms with Crippen molar-refractivity contribution < 1.29 is 67.9 Å². The Hall–Kier alpha value is -2.16. The SMILES string of the molecule is O=C(O[BH-](OC(=O)C(F)(F)F)OC(=O)C(F)(F)F)C(F)(F)F. The van der Waals surface area contributed by atoms with Crippen LogP contribution in [-0.4, -0.2) is 43.8 Å². The van der Waals surface area contributed by atoms with Crippen molar-refractivity contribution in [3.8, 4) is 0 Å². The molecule has 0 N–H and O–H groups in total. The first-order valence-corrected chi connectivity index (χ1v) is 4.54. The molecule has 16 heteroatoms. The Labute approximate surface area is 113 Å². The highest BCUT2D eigenvalue weighted by molar-refractivity contribution is 6.44. The summed E-state index contributed by atoms with van der Waals surface area (Å²) in [7, 11) is -4.79. The van der Waals surface area contributed by atoms with Gasteiger partial charge < -0.3 is 14.0 Å². The van der Waals surface area contributed by atoms with E-state index in [1.54, 1.807) is 0 Å². The van der Waals surface area contributed by atoms with Gasteiger partial charge in [-0.05, 0) is 0 Å². The summed E-state index contributed by atoms with van der Waals surface area (Å²) in [6, 6.07) is 0. The van der Waals surface area contributed by atoms with Gasteiger partial charge in [0, 0.05) is 0 Å². The smallest absolute Gasteiger partial charge is 0.542 e. The Morgan fingerprint density at radius 3 is 0.864 bits per heavy atom. The highest BCUT2D eigenvalue weighted by Crippen LogP contribution is 2.22. The van der Waals surface area contributed by atoms with Crippen LogP contribution in [0.1, 0.15) is 0 Å². The lowest BCUT2D eigenvalue weighted by Crippen LogP contribution is -2.44. The molecule has 0 aliphatic rings. The highest BCUT2D eigenvalue weighted by atomic mass is 19.4. The topological polar surface area (TPSA) is 78.9 Å². The highest BCUT2D eigenvalue weighted by Gasteiger charge is 2.46. The molecule has 0 aromatic rings. The lowest BCUT2D eigenvalue weighted by atomic mass is 10.2. The van der Waals surface area contributed by atoms with Crippen LogP contribution in [-0.2, 0) is 28.3 Å². The normalized spacial score (nSPS) is 12.8. The van der Waals surface area contributed by atoms with Gasteiger partial charge in [-0.1, -0.05) is 0 Å². The van der Waals surface area contributed by atoms with E-state index in [0.717, 1.165) is 0 Å². The summed E-state index contributed by atoms with van der Waals surface area (Å²) in [4.78, 5) is 30.8. The molecule has 0 radical (unpaired) electrons. The predicted molar refractivity (Wildman–Crippen MR) is 43.6 cm³/mol. The van der Waals surface area contributed by atoms with Gasteiger partial charge in [0.15, 0.2) is 0 Å². The lowest BCUT2D eigenvalue weighted by Gasteiger charge is -2.28. The maximum absolute atomic E-state index is 11.8. The first-order chi connectivity index (χ1) is 9.55. The molecule has 128 valence electrons. The van der Waals surface area contributed by atoms with E-state index in [4.69, 9.17) is 0 Å². The fourth-order valence-electron chi connectivity index (χ4n) is 0.655. The number of alkyl halides is 9. The first kappa shape index (κ1) is 19.8. The van der Waals surface area contributed by atoms with E-state index in [2.05, 4.69) is 14.0 Å². The number of halogens is 9. The molecule has 0 saturated heterocycles. The van der Waals surface area contributed by atoms with Gasteiger partial charge in [-0.25, -0.2) is 14.4 Å². The lowest BCUT2D eigenvalue weighted by molar-refractivity contribution is -0.206. The monoisotopic (exact) mass is 351 g/mol. The van der Waals surface area contributed by atoms with Crippen molar-refractivity contribution in [2.75, 3.05) is 0 Å². The molecule has 0 heterocycles.